The van der Waals surface area contributed by atoms with Gasteiger partial charge in [0, 0.05) is 5.56 Å². The van der Waals surface area contributed by atoms with E-state index in [0.29, 0.717) is 0 Å². The van der Waals surface area contributed by atoms with E-state index in [-0.39, 0.29) is 6.04 Å². The van der Waals surface area contributed by atoms with Gasteiger partial charge >= 0.3 is 0 Å². The maximum atomic E-state index is 5.06. The molecule has 0 spiro atoms. The zero-order valence-corrected chi connectivity index (χ0v) is 8.62. The van der Waals surface area contributed by atoms with Crippen molar-refractivity contribution < 1.29 is 4.42 Å². The summed E-state index contributed by atoms with van der Waals surface area (Å²) < 4.78 is 13.3. The highest BCUT2D eigenvalue weighted by atomic mass is 32.1. The van der Waals surface area contributed by atoms with Crippen molar-refractivity contribution in [1.82, 2.24) is 14.1 Å². The highest BCUT2D eigenvalue weighted by molar-refractivity contribution is 6.99. The topological polar surface area (TPSA) is 51.0 Å². The van der Waals surface area contributed by atoms with Gasteiger partial charge in [0.25, 0.3) is 0 Å². The molecular weight excluding hydrogens is 198 g/mol. The first-order chi connectivity index (χ1) is 6.92. The predicted molar refractivity (Wildman–Crippen MR) is 54.1 cm³/mol. The number of furan rings is 1. The molecule has 0 saturated carbocycles. The predicted octanol–water partition coefficient (Wildman–Crippen LogP) is 1.83. The summed E-state index contributed by atoms with van der Waals surface area (Å²) in [5, 5.41) is 3.33. The number of rotatable bonds is 4. The molecule has 0 fully saturated rings. The third-order valence-corrected chi connectivity index (χ3v) is 2.45. The monoisotopic (exact) mass is 209 g/mol. The quantitative estimate of drug-likeness (QED) is 0.834. The number of nitrogens with one attached hydrogen (secondary N) is 1. The van der Waals surface area contributed by atoms with Gasteiger partial charge in [-0.15, -0.1) is 0 Å². The summed E-state index contributed by atoms with van der Waals surface area (Å²) in [5.74, 6) is 0. The summed E-state index contributed by atoms with van der Waals surface area (Å²) in [5.41, 5.74) is 2.03. The van der Waals surface area contributed by atoms with E-state index in [4.69, 9.17) is 4.42 Å². The Balaban J connectivity index is 2.25. The lowest BCUT2D eigenvalue weighted by Gasteiger charge is -2.12. The van der Waals surface area contributed by atoms with Crippen molar-refractivity contribution in [2.75, 3.05) is 6.54 Å². The molecule has 0 aliphatic carbocycles. The van der Waals surface area contributed by atoms with Gasteiger partial charge in [0.15, 0.2) is 0 Å². The molecule has 4 nitrogen and oxygen atoms in total. The molecule has 74 valence electrons. The van der Waals surface area contributed by atoms with Crippen molar-refractivity contribution >= 4 is 11.7 Å². The van der Waals surface area contributed by atoms with Crippen LogP contribution in [0.3, 0.4) is 0 Å². The molecule has 2 aromatic rings. The zero-order chi connectivity index (χ0) is 9.80. The highest BCUT2D eigenvalue weighted by Crippen LogP contribution is 2.20. The first-order valence-corrected chi connectivity index (χ1v) is 5.17. The van der Waals surface area contributed by atoms with E-state index in [1.165, 1.54) is 11.7 Å². The van der Waals surface area contributed by atoms with Crippen molar-refractivity contribution in [3.63, 3.8) is 0 Å². The van der Waals surface area contributed by atoms with E-state index in [2.05, 4.69) is 21.0 Å². The van der Waals surface area contributed by atoms with Crippen molar-refractivity contribution in [1.29, 1.82) is 0 Å². The van der Waals surface area contributed by atoms with Crippen LogP contribution >= 0.6 is 11.7 Å². The summed E-state index contributed by atoms with van der Waals surface area (Å²) in [6.45, 7) is 2.94. The van der Waals surface area contributed by atoms with Gasteiger partial charge in [-0.25, -0.2) is 0 Å². The SMILES string of the molecule is CCNC(c1ccoc1)c1cnsn1. The molecule has 1 N–H and O–H groups in total. The molecule has 0 aromatic carbocycles. The summed E-state index contributed by atoms with van der Waals surface area (Å²) in [4.78, 5) is 0. The smallest absolute Gasteiger partial charge is 0.0958 e. The molecule has 2 heterocycles. The molecule has 1 atom stereocenters. The maximum Gasteiger partial charge on any atom is 0.0958 e. The van der Waals surface area contributed by atoms with Crippen molar-refractivity contribution in [2.24, 2.45) is 0 Å². The van der Waals surface area contributed by atoms with E-state index in [1.807, 2.05) is 6.07 Å². The van der Waals surface area contributed by atoms with E-state index in [1.54, 1.807) is 18.7 Å². The van der Waals surface area contributed by atoms with E-state index in [0.717, 1.165) is 17.8 Å². The van der Waals surface area contributed by atoms with Crippen LogP contribution in [0.2, 0.25) is 0 Å². The van der Waals surface area contributed by atoms with E-state index >= 15 is 0 Å². The molecule has 2 rings (SSSR count). The Bertz CT molecular complexity index is 323. The van der Waals surface area contributed by atoms with Gasteiger partial charge in [-0.1, -0.05) is 6.92 Å². The minimum atomic E-state index is 0.0949. The zero-order valence-electron chi connectivity index (χ0n) is 7.80. The average molecular weight is 209 g/mol. The Morgan fingerprint density at radius 1 is 1.64 bits per heavy atom. The van der Waals surface area contributed by atoms with Gasteiger partial charge in [-0.05, 0) is 12.6 Å². The second kappa shape index (κ2) is 4.34. The fourth-order valence-electron chi connectivity index (χ4n) is 1.34. The van der Waals surface area contributed by atoms with Crippen LogP contribution in [0.25, 0.3) is 0 Å². The standard InChI is InChI=1S/C9H11N3OS/c1-2-10-9(7-3-4-13-6-7)8-5-11-14-12-8/h3-6,9-10H,2H2,1H3. The Hall–Kier alpha value is -1.20. The lowest BCUT2D eigenvalue weighted by atomic mass is 10.1. The van der Waals surface area contributed by atoms with Crippen LogP contribution in [0.15, 0.2) is 29.2 Å². The summed E-state index contributed by atoms with van der Waals surface area (Å²) in [6, 6.07) is 2.03. The van der Waals surface area contributed by atoms with Crippen LogP contribution < -0.4 is 5.32 Å². The van der Waals surface area contributed by atoms with Crippen molar-refractivity contribution in [3.8, 4) is 0 Å². The molecule has 5 heteroatoms. The van der Waals surface area contributed by atoms with Crippen LogP contribution in [0.5, 0.6) is 0 Å². The van der Waals surface area contributed by atoms with Gasteiger partial charge in [0.2, 0.25) is 0 Å². The van der Waals surface area contributed by atoms with Gasteiger partial charge in [0.05, 0.1) is 42.2 Å². The first-order valence-electron chi connectivity index (χ1n) is 4.44. The Labute approximate surface area is 86.3 Å². The summed E-state index contributed by atoms with van der Waals surface area (Å²) >= 11 is 1.22. The van der Waals surface area contributed by atoms with Crippen LogP contribution in [-0.4, -0.2) is 15.3 Å². The van der Waals surface area contributed by atoms with Crippen LogP contribution in [0, 0.1) is 0 Å². The number of aromatic nitrogens is 2. The summed E-state index contributed by atoms with van der Waals surface area (Å²) in [7, 11) is 0. The number of nitrogens with zero attached hydrogens (tertiary/aromatic N) is 2. The molecule has 0 saturated heterocycles. The second-order valence-electron chi connectivity index (χ2n) is 2.88. The molecule has 0 aliphatic heterocycles. The molecule has 0 bridgehead atoms. The molecule has 2 aromatic heterocycles. The number of hydrogen-bond donors (Lipinski definition) is 1. The Morgan fingerprint density at radius 2 is 2.57 bits per heavy atom. The fraction of sp³-hybridized carbons (Fsp3) is 0.333. The third kappa shape index (κ3) is 1.83. The third-order valence-electron chi connectivity index (χ3n) is 1.96. The fourth-order valence-corrected chi connectivity index (χ4v) is 1.78. The van der Waals surface area contributed by atoms with E-state index in [9.17, 15) is 0 Å². The summed E-state index contributed by atoms with van der Waals surface area (Å²) in [6.07, 6.45) is 5.18. The Morgan fingerprint density at radius 3 is 3.14 bits per heavy atom. The van der Waals surface area contributed by atoms with Gasteiger partial charge < -0.3 is 9.73 Å². The van der Waals surface area contributed by atoms with Gasteiger partial charge in [0.1, 0.15) is 0 Å². The van der Waals surface area contributed by atoms with Crippen LogP contribution in [0.4, 0.5) is 0 Å². The lowest BCUT2D eigenvalue weighted by Crippen LogP contribution is -2.21. The normalized spacial score (nSPS) is 12.9. The van der Waals surface area contributed by atoms with Crippen LogP contribution in [0.1, 0.15) is 24.2 Å². The van der Waals surface area contributed by atoms with Crippen molar-refractivity contribution in [2.45, 2.75) is 13.0 Å². The minimum absolute atomic E-state index is 0.0949. The second-order valence-corrected chi connectivity index (χ2v) is 3.44. The highest BCUT2D eigenvalue weighted by Gasteiger charge is 2.16. The van der Waals surface area contributed by atoms with Crippen LogP contribution in [-0.2, 0) is 0 Å². The van der Waals surface area contributed by atoms with Crippen molar-refractivity contribution in [3.05, 3.63) is 36.0 Å². The van der Waals surface area contributed by atoms with Gasteiger partial charge in [-0.2, -0.15) is 8.75 Å². The number of hydrogen-bond acceptors (Lipinski definition) is 5. The minimum Gasteiger partial charge on any atom is -0.472 e. The molecule has 0 radical (unpaired) electrons. The van der Waals surface area contributed by atoms with Gasteiger partial charge in [-0.3, -0.25) is 0 Å². The molecule has 14 heavy (non-hydrogen) atoms. The first kappa shape index (κ1) is 9.36. The average Bonchev–Trinajstić information content (AvgIpc) is 2.87. The lowest BCUT2D eigenvalue weighted by molar-refractivity contribution is 0.551. The molecule has 0 aliphatic rings. The Kier molecular flexibility index (Phi) is 2.90. The molecule has 0 amide bonds. The maximum absolute atomic E-state index is 5.06. The molecular formula is C9H11N3OS. The van der Waals surface area contributed by atoms with E-state index < -0.39 is 0 Å². The molecule has 1 unspecified atom stereocenters. The largest absolute Gasteiger partial charge is 0.472 e.